The van der Waals surface area contributed by atoms with Gasteiger partial charge in [0.2, 0.25) is 5.13 Å². The van der Waals surface area contributed by atoms with E-state index in [2.05, 4.69) is 20.6 Å². The monoisotopic (exact) mass is 514 g/mol. The van der Waals surface area contributed by atoms with Crippen molar-refractivity contribution in [3.8, 4) is 0 Å². The Balaban J connectivity index is 1.46. The molecule has 2 N–H and O–H groups in total. The van der Waals surface area contributed by atoms with Crippen LogP contribution in [0.3, 0.4) is 0 Å². The molecule has 1 aliphatic heterocycles. The standard InChI is InChI=1S/C25H24ClFN4O5/c1-15(30-23(34)24(12-36-13-24)31-21(32)18-10-28-14-29-11-18)16-5-7-17(8-6-16)19-4-3-9-25(26,27)20(19)22(33)35-2/h3-11,14-15,20H,12-13H2,1-2H3,(H,30,34)(H,31,32)/t15-,20?,25?/m1/s1. The van der Waals surface area contributed by atoms with Crippen LogP contribution in [0.4, 0.5) is 4.39 Å². The van der Waals surface area contributed by atoms with Gasteiger partial charge in [-0.2, -0.15) is 0 Å². The lowest BCUT2D eigenvalue weighted by molar-refractivity contribution is -0.147. The van der Waals surface area contributed by atoms with Gasteiger partial charge in [-0.05, 0) is 29.7 Å². The highest BCUT2D eigenvalue weighted by molar-refractivity contribution is 6.27. The number of rotatable bonds is 7. The SMILES string of the molecule is COC(=O)C1C(c2ccc([C@@H](C)NC(=O)C3(NC(=O)c4cncnc4)COC3)cc2)=CC=CC1(F)Cl. The molecule has 2 unspecified atom stereocenters. The Morgan fingerprint density at radius 2 is 1.86 bits per heavy atom. The van der Waals surface area contributed by atoms with E-state index in [0.717, 1.165) is 11.6 Å². The summed E-state index contributed by atoms with van der Waals surface area (Å²) in [5.41, 5.74) is 0.735. The van der Waals surface area contributed by atoms with Crippen LogP contribution in [0.1, 0.15) is 34.5 Å². The quantitative estimate of drug-likeness (QED) is 0.430. The third kappa shape index (κ3) is 5.00. The van der Waals surface area contributed by atoms with Crippen molar-refractivity contribution in [2.75, 3.05) is 20.3 Å². The van der Waals surface area contributed by atoms with Crippen LogP contribution in [-0.2, 0) is 19.1 Å². The molecule has 0 radical (unpaired) electrons. The second kappa shape index (κ2) is 10.2. The number of halogens is 2. The predicted molar refractivity (Wildman–Crippen MR) is 128 cm³/mol. The first-order valence-corrected chi connectivity index (χ1v) is 11.5. The summed E-state index contributed by atoms with van der Waals surface area (Å²) < 4.78 is 24.8. The summed E-state index contributed by atoms with van der Waals surface area (Å²) in [6, 6.07) is 6.51. The molecule has 0 spiro atoms. The minimum Gasteiger partial charge on any atom is -0.468 e. The fourth-order valence-corrected chi connectivity index (χ4v) is 4.28. The number of benzene rings is 1. The summed E-state index contributed by atoms with van der Waals surface area (Å²) in [6.07, 6.45) is 8.19. The van der Waals surface area contributed by atoms with E-state index in [1.165, 1.54) is 31.9 Å². The summed E-state index contributed by atoms with van der Waals surface area (Å²) in [4.78, 5) is 45.5. The van der Waals surface area contributed by atoms with Crippen LogP contribution in [0.15, 0.2) is 61.2 Å². The van der Waals surface area contributed by atoms with Gasteiger partial charge in [-0.3, -0.25) is 14.4 Å². The number of amides is 2. The lowest BCUT2D eigenvalue weighted by atomic mass is 9.84. The molecule has 2 aliphatic rings. The first-order chi connectivity index (χ1) is 17.2. The Hall–Kier alpha value is -3.63. The number of hydrogen-bond donors (Lipinski definition) is 2. The molecule has 188 valence electrons. The summed E-state index contributed by atoms with van der Waals surface area (Å²) in [5.74, 6) is -2.99. The van der Waals surface area contributed by atoms with Crippen LogP contribution in [0, 0.1) is 5.92 Å². The Labute approximate surface area is 211 Å². The highest BCUT2D eigenvalue weighted by atomic mass is 35.5. The minimum absolute atomic E-state index is 0.0317. The number of esters is 1. The highest BCUT2D eigenvalue weighted by Crippen LogP contribution is 2.42. The molecule has 2 aromatic rings. The number of nitrogens with zero attached hydrogens (tertiary/aromatic N) is 2. The van der Waals surface area contributed by atoms with Crippen molar-refractivity contribution >= 4 is 35.0 Å². The van der Waals surface area contributed by atoms with Gasteiger partial charge in [0.25, 0.3) is 11.8 Å². The average molecular weight is 515 g/mol. The Morgan fingerprint density at radius 3 is 2.44 bits per heavy atom. The number of carbonyl (C=O) groups is 3. The van der Waals surface area contributed by atoms with Gasteiger partial charge < -0.3 is 20.1 Å². The minimum atomic E-state index is -2.41. The van der Waals surface area contributed by atoms with Crippen LogP contribution in [-0.4, -0.2) is 58.7 Å². The number of hydrogen-bond acceptors (Lipinski definition) is 7. The van der Waals surface area contributed by atoms with Gasteiger partial charge >= 0.3 is 5.97 Å². The molecule has 3 atom stereocenters. The molecule has 4 rings (SSSR count). The molecule has 2 heterocycles. The molecule has 2 amide bonds. The third-order valence-corrected chi connectivity index (χ3v) is 6.47. The van der Waals surface area contributed by atoms with E-state index in [0.29, 0.717) is 11.1 Å². The van der Waals surface area contributed by atoms with Gasteiger partial charge in [0.1, 0.15) is 12.2 Å². The van der Waals surface area contributed by atoms with E-state index in [4.69, 9.17) is 21.1 Å². The van der Waals surface area contributed by atoms with E-state index in [9.17, 15) is 18.8 Å². The number of ether oxygens (including phenoxy) is 2. The van der Waals surface area contributed by atoms with Crippen LogP contribution in [0.25, 0.3) is 5.57 Å². The first kappa shape index (κ1) is 25.5. The fraction of sp³-hybridized carbons (Fsp3) is 0.320. The van der Waals surface area contributed by atoms with Crippen LogP contribution >= 0.6 is 11.6 Å². The molecule has 1 fully saturated rings. The number of carbonyl (C=O) groups excluding carboxylic acids is 3. The van der Waals surface area contributed by atoms with E-state index in [1.807, 2.05) is 0 Å². The van der Waals surface area contributed by atoms with Gasteiger partial charge in [0, 0.05) is 12.4 Å². The topological polar surface area (TPSA) is 120 Å². The van der Waals surface area contributed by atoms with Crippen molar-refractivity contribution in [1.29, 1.82) is 0 Å². The number of nitrogens with one attached hydrogen (secondary N) is 2. The molecule has 11 heteroatoms. The zero-order valence-electron chi connectivity index (χ0n) is 19.5. The van der Waals surface area contributed by atoms with Crippen LogP contribution in [0.5, 0.6) is 0 Å². The van der Waals surface area contributed by atoms with Crippen molar-refractivity contribution in [1.82, 2.24) is 20.6 Å². The molecule has 1 saturated heterocycles. The molecular weight excluding hydrogens is 491 g/mol. The zero-order valence-corrected chi connectivity index (χ0v) is 20.3. The summed E-state index contributed by atoms with van der Waals surface area (Å²) >= 11 is 5.94. The first-order valence-electron chi connectivity index (χ1n) is 11.1. The highest BCUT2D eigenvalue weighted by Gasteiger charge is 2.48. The van der Waals surface area contributed by atoms with Gasteiger partial charge in [-0.25, -0.2) is 14.4 Å². The Kier molecular flexibility index (Phi) is 7.18. The predicted octanol–water partition coefficient (Wildman–Crippen LogP) is 2.50. The summed E-state index contributed by atoms with van der Waals surface area (Å²) in [7, 11) is 1.18. The van der Waals surface area contributed by atoms with Gasteiger partial charge in [0.15, 0.2) is 5.54 Å². The van der Waals surface area contributed by atoms with Crippen molar-refractivity contribution in [2.45, 2.75) is 23.6 Å². The molecular formula is C25H24ClFN4O5. The smallest absolute Gasteiger partial charge is 0.318 e. The van der Waals surface area contributed by atoms with Gasteiger partial charge in [-0.1, -0.05) is 48.0 Å². The number of aromatic nitrogens is 2. The molecule has 1 aliphatic carbocycles. The third-order valence-electron chi connectivity index (χ3n) is 6.13. The summed E-state index contributed by atoms with van der Waals surface area (Å²) in [5, 5.41) is 3.21. The molecule has 0 bridgehead atoms. The van der Waals surface area contributed by atoms with Crippen LogP contribution < -0.4 is 10.6 Å². The van der Waals surface area contributed by atoms with E-state index in [-0.39, 0.29) is 18.8 Å². The van der Waals surface area contributed by atoms with Crippen molar-refractivity contribution in [3.63, 3.8) is 0 Å². The van der Waals surface area contributed by atoms with Crippen molar-refractivity contribution in [2.24, 2.45) is 5.92 Å². The normalized spacial score (nSPS) is 23.0. The van der Waals surface area contributed by atoms with Crippen molar-refractivity contribution in [3.05, 3.63) is 77.9 Å². The number of methoxy groups -OCH3 is 1. The van der Waals surface area contributed by atoms with Gasteiger partial charge in [-0.15, -0.1) is 0 Å². The second-order valence-corrected chi connectivity index (χ2v) is 9.16. The summed E-state index contributed by atoms with van der Waals surface area (Å²) in [6.45, 7) is 1.85. The molecule has 0 saturated carbocycles. The largest absolute Gasteiger partial charge is 0.468 e. The fourth-order valence-electron chi connectivity index (χ4n) is 4.00. The van der Waals surface area contributed by atoms with Crippen molar-refractivity contribution < 1.29 is 28.2 Å². The van der Waals surface area contributed by atoms with Crippen LogP contribution in [0.2, 0.25) is 0 Å². The number of allylic oxidation sites excluding steroid dienone is 3. The lowest BCUT2D eigenvalue weighted by Crippen LogP contribution is -2.70. The Morgan fingerprint density at radius 1 is 1.19 bits per heavy atom. The maximum atomic E-state index is 14.9. The van der Waals surface area contributed by atoms with E-state index < -0.39 is 40.4 Å². The van der Waals surface area contributed by atoms with E-state index in [1.54, 1.807) is 37.3 Å². The molecule has 1 aromatic heterocycles. The molecule has 1 aromatic carbocycles. The maximum absolute atomic E-state index is 14.9. The van der Waals surface area contributed by atoms with E-state index >= 15 is 0 Å². The van der Waals surface area contributed by atoms with Gasteiger partial charge in [0.05, 0.1) is 31.9 Å². The second-order valence-electron chi connectivity index (χ2n) is 8.59. The zero-order chi connectivity index (χ0) is 25.9. The molecule has 36 heavy (non-hydrogen) atoms. The maximum Gasteiger partial charge on any atom is 0.318 e. The Bertz CT molecular complexity index is 1210. The average Bonchev–Trinajstić information content (AvgIpc) is 2.85. The number of alkyl halides is 2. The lowest BCUT2D eigenvalue weighted by Gasteiger charge is -2.40. The molecule has 9 nitrogen and oxygen atoms in total.